The monoisotopic (exact) mass is 358 g/mol. The Balaban J connectivity index is 0.00000264. The Hall–Kier alpha value is -0.910. The van der Waals surface area contributed by atoms with Crippen LogP contribution in [0.2, 0.25) is 0 Å². The van der Waals surface area contributed by atoms with Crippen LogP contribution in [-0.4, -0.2) is 48.8 Å². The second-order valence-corrected chi connectivity index (χ2v) is 7.03. The van der Waals surface area contributed by atoms with Crippen molar-refractivity contribution in [3.05, 3.63) is 24.3 Å². The largest absolute Gasteiger partial charge is 0.497 e. The molecule has 0 radical (unpaired) electrons. The normalized spacial score (nSPS) is 18.1. The van der Waals surface area contributed by atoms with Crippen molar-refractivity contribution in [3.8, 4) is 5.75 Å². The lowest BCUT2D eigenvalue weighted by molar-refractivity contribution is -0.132. The van der Waals surface area contributed by atoms with E-state index in [0.29, 0.717) is 6.04 Å². The molecule has 2 unspecified atom stereocenters. The number of methoxy groups -OCH3 is 1. The van der Waals surface area contributed by atoms with Crippen LogP contribution in [0.5, 0.6) is 5.75 Å². The number of halogens is 1. The summed E-state index contributed by atoms with van der Waals surface area (Å²) in [6.07, 6.45) is 2.06. The van der Waals surface area contributed by atoms with E-state index < -0.39 is 0 Å². The van der Waals surface area contributed by atoms with E-state index in [1.54, 1.807) is 18.9 Å². The van der Waals surface area contributed by atoms with Crippen LogP contribution in [-0.2, 0) is 4.79 Å². The molecule has 0 saturated carbocycles. The maximum atomic E-state index is 12.8. The molecule has 1 aliphatic heterocycles. The number of ether oxygens (including phenoxy) is 1. The molecule has 6 heteroatoms. The number of carbonyl (C=O) groups is 1. The fourth-order valence-electron chi connectivity index (χ4n) is 2.76. The minimum Gasteiger partial charge on any atom is -0.497 e. The van der Waals surface area contributed by atoms with Crippen LogP contribution < -0.4 is 10.1 Å². The van der Waals surface area contributed by atoms with Crippen molar-refractivity contribution in [2.24, 2.45) is 0 Å². The summed E-state index contributed by atoms with van der Waals surface area (Å²) >= 11 is 1.62. The van der Waals surface area contributed by atoms with Crippen molar-refractivity contribution in [1.82, 2.24) is 10.2 Å². The van der Waals surface area contributed by atoms with Crippen molar-refractivity contribution in [2.75, 3.05) is 26.7 Å². The molecular weight excluding hydrogens is 332 g/mol. The van der Waals surface area contributed by atoms with Crippen LogP contribution >= 0.6 is 24.2 Å². The molecule has 4 nitrogen and oxygen atoms in total. The second-order valence-electron chi connectivity index (χ2n) is 5.61. The maximum Gasteiger partial charge on any atom is 0.236 e. The smallest absolute Gasteiger partial charge is 0.236 e. The molecule has 2 atom stereocenters. The molecule has 1 saturated heterocycles. The molecule has 130 valence electrons. The Morgan fingerprint density at radius 1 is 1.43 bits per heavy atom. The molecule has 0 spiro atoms. The highest BCUT2D eigenvalue weighted by Crippen LogP contribution is 2.27. The molecule has 1 aromatic rings. The number of benzene rings is 1. The SMILES string of the molecule is CCCN(C(=O)C(C)Sc1ccc(OC)cc1)C1CCNC1.Cl. The fraction of sp³-hybridized carbons (Fsp3) is 0.588. The lowest BCUT2D eigenvalue weighted by Gasteiger charge is -2.30. The van der Waals surface area contributed by atoms with Crippen LogP contribution in [0.3, 0.4) is 0 Å². The zero-order valence-electron chi connectivity index (χ0n) is 14.1. The lowest BCUT2D eigenvalue weighted by Crippen LogP contribution is -2.45. The predicted molar refractivity (Wildman–Crippen MR) is 98.8 cm³/mol. The highest BCUT2D eigenvalue weighted by molar-refractivity contribution is 8.00. The number of hydrogen-bond donors (Lipinski definition) is 1. The first kappa shape index (κ1) is 20.1. The van der Waals surface area contributed by atoms with Gasteiger partial charge in [0.15, 0.2) is 0 Å². The van der Waals surface area contributed by atoms with Gasteiger partial charge in [-0.1, -0.05) is 6.92 Å². The molecule has 0 aromatic heterocycles. The van der Waals surface area contributed by atoms with Gasteiger partial charge in [0.2, 0.25) is 5.91 Å². The van der Waals surface area contributed by atoms with Crippen molar-refractivity contribution < 1.29 is 9.53 Å². The molecular formula is C17H27ClN2O2S. The average molecular weight is 359 g/mol. The molecule has 1 amide bonds. The Morgan fingerprint density at radius 2 is 2.13 bits per heavy atom. The zero-order valence-corrected chi connectivity index (χ0v) is 15.7. The van der Waals surface area contributed by atoms with Crippen LogP contribution in [0, 0.1) is 0 Å². The average Bonchev–Trinajstić information content (AvgIpc) is 3.06. The van der Waals surface area contributed by atoms with E-state index in [9.17, 15) is 4.79 Å². The van der Waals surface area contributed by atoms with Gasteiger partial charge in [-0.3, -0.25) is 4.79 Å². The van der Waals surface area contributed by atoms with Crippen LogP contribution in [0.15, 0.2) is 29.2 Å². The predicted octanol–water partition coefficient (Wildman–Crippen LogP) is 3.20. The zero-order chi connectivity index (χ0) is 15.9. The number of nitrogens with one attached hydrogen (secondary N) is 1. The Morgan fingerprint density at radius 3 is 2.65 bits per heavy atom. The van der Waals surface area contributed by atoms with Gasteiger partial charge in [0.25, 0.3) is 0 Å². The summed E-state index contributed by atoms with van der Waals surface area (Å²) in [6.45, 7) is 6.91. The van der Waals surface area contributed by atoms with Crippen molar-refractivity contribution in [1.29, 1.82) is 0 Å². The summed E-state index contributed by atoms with van der Waals surface area (Å²) in [4.78, 5) is 16.0. The summed E-state index contributed by atoms with van der Waals surface area (Å²) in [5.74, 6) is 1.09. The van der Waals surface area contributed by atoms with E-state index in [2.05, 4.69) is 17.1 Å². The number of hydrogen-bond acceptors (Lipinski definition) is 4. The second kappa shape index (κ2) is 10.1. The number of amides is 1. The molecule has 1 heterocycles. The highest BCUT2D eigenvalue weighted by atomic mass is 35.5. The summed E-state index contributed by atoms with van der Waals surface area (Å²) in [5, 5.41) is 3.28. The molecule has 23 heavy (non-hydrogen) atoms. The third kappa shape index (κ3) is 5.59. The van der Waals surface area contributed by atoms with Gasteiger partial charge >= 0.3 is 0 Å². The van der Waals surface area contributed by atoms with Crippen LogP contribution in [0.1, 0.15) is 26.7 Å². The molecule has 2 rings (SSSR count). The van der Waals surface area contributed by atoms with Crippen LogP contribution in [0.4, 0.5) is 0 Å². The van der Waals surface area contributed by atoms with Gasteiger partial charge in [0.1, 0.15) is 5.75 Å². The maximum absolute atomic E-state index is 12.8. The Bertz CT molecular complexity index is 478. The molecule has 1 N–H and O–H groups in total. The molecule has 1 aromatic carbocycles. The highest BCUT2D eigenvalue weighted by Gasteiger charge is 2.29. The summed E-state index contributed by atoms with van der Waals surface area (Å²) in [5.41, 5.74) is 0. The molecule has 1 fully saturated rings. The van der Waals surface area contributed by atoms with Crippen molar-refractivity contribution >= 4 is 30.1 Å². The van der Waals surface area contributed by atoms with E-state index in [0.717, 1.165) is 43.1 Å². The quantitative estimate of drug-likeness (QED) is 0.760. The summed E-state index contributed by atoms with van der Waals surface area (Å²) in [7, 11) is 1.66. The van der Waals surface area contributed by atoms with Gasteiger partial charge in [0.05, 0.1) is 12.4 Å². The van der Waals surface area contributed by atoms with Gasteiger partial charge in [-0.15, -0.1) is 24.2 Å². The van der Waals surface area contributed by atoms with E-state index in [4.69, 9.17) is 4.74 Å². The Kier molecular flexibility index (Phi) is 8.81. The van der Waals surface area contributed by atoms with E-state index in [-0.39, 0.29) is 23.6 Å². The topological polar surface area (TPSA) is 41.6 Å². The van der Waals surface area contributed by atoms with E-state index >= 15 is 0 Å². The Labute approximate surface area is 149 Å². The summed E-state index contributed by atoms with van der Waals surface area (Å²) < 4.78 is 5.17. The van der Waals surface area contributed by atoms with Crippen molar-refractivity contribution in [3.63, 3.8) is 0 Å². The first-order chi connectivity index (χ1) is 10.7. The third-order valence-electron chi connectivity index (χ3n) is 3.94. The fourth-order valence-corrected chi connectivity index (χ4v) is 3.70. The van der Waals surface area contributed by atoms with Gasteiger partial charge in [-0.2, -0.15) is 0 Å². The van der Waals surface area contributed by atoms with Crippen LogP contribution in [0.25, 0.3) is 0 Å². The van der Waals surface area contributed by atoms with Gasteiger partial charge < -0.3 is 15.0 Å². The minimum absolute atomic E-state index is 0. The summed E-state index contributed by atoms with van der Waals surface area (Å²) in [6, 6.07) is 8.24. The minimum atomic E-state index is -0.0689. The van der Waals surface area contributed by atoms with E-state index in [1.807, 2.05) is 31.2 Å². The number of carbonyl (C=O) groups excluding carboxylic acids is 1. The molecule has 0 aliphatic carbocycles. The number of nitrogens with zero attached hydrogens (tertiary/aromatic N) is 1. The lowest BCUT2D eigenvalue weighted by atomic mass is 10.2. The van der Waals surface area contributed by atoms with Gasteiger partial charge in [0, 0.05) is 24.0 Å². The van der Waals surface area contributed by atoms with Gasteiger partial charge in [-0.05, 0) is 50.6 Å². The standard InChI is InChI=1S/C17H26N2O2S.ClH/c1-4-11-19(14-9-10-18-12-14)17(20)13(2)22-16-7-5-15(21-3)6-8-16;/h5-8,13-14,18H,4,9-12H2,1-3H3;1H. The molecule has 1 aliphatic rings. The molecule has 0 bridgehead atoms. The number of thioether (sulfide) groups is 1. The van der Waals surface area contributed by atoms with Gasteiger partial charge in [-0.25, -0.2) is 0 Å². The van der Waals surface area contributed by atoms with Crippen molar-refractivity contribution in [2.45, 2.75) is 42.9 Å². The van der Waals surface area contributed by atoms with E-state index in [1.165, 1.54) is 0 Å². The number of rotatable bonds is 7. The third-order valence-corrected chi connectivity index (χ3v) is 5.04. The first-order valence-electron chi connectivity index (χ1n) is 7.97. The first-order valence-corrected chi connectivity index (χ1v) is 8.85.